The molecule has 0 fully saturated rings. The topological polar surface area (TPSA) is 49.8 Å². The number of hydrogen-bond donors (Lipinski definition) is 1. The van der Waals surface area contributed by atoms with Gasteiger partial charge in [0.1, 0.15) is 18.2 Å². The number of hydrogen-bond acceptors (Lipinski definition) is 3. The molecule has 0 amide bonds. The Labute approximate surface area is 119 Å². The molecule has 0 saturated heterocycles. The number of rotatable bonds is 6. The molecule has 0 aromatic heterocycles. The van der Waals surface area contributed by atoms with Crippen LogP contribution in [-0.2, 0) is 4.79 Å². The minimum Gasteiger partial charge on any atom is -0.490 e. The van der Waals surface area contributed by atoms with Crippen LogP contribution in [0.3, 0.4) is 0 Å². The van der Waals surface area contributed by atoms with Crippen molar-refractivity contribution in [3.05, 3.63) is 34.1 Å². The smallest absolute Gasteiger partial charge is 0.328 e. The largest absolute Gasteiger partial charge is 0.490 e. The quantitative estimate of drug-likeness (QED) is 0.814. The number of aliphatic carboxylic acids is 1. The molecule has 0 heterocycles. The number of halogens is 2. The second kappa shape index (κ2) is 7.25. The lowest BCUT2D eigenvalue weighted by atomic mass is 10.2. The van der Waals surface area contributed by atoms with E-state index in [4.69, 9.17) is 9.84 Å². The normalized spacial score (nSPS) is 11.2. The summed E-state index contributed by atoms with van der Waals surface area (Å²) in [4.78, 5) is 12.5. The zero-order chi connectivity index (χ0) is 14.4. The van der Waals surface area contributed by atoms with Crippen LogP contribution in [0.25, 0.3) is 6.08 Å². The molecule has 0 aliphatic carbocycles. The zero-order valence-corrected chi connectivity index (χ0v) is 12.3. The molecule has 19 heavy (non-hydrogen) atoms. The third-order valence-electron chi connectivity index (χ3n) is 2.23. The van der Waals surface area contributed by atoms with Gasteiger partial charge < -0.3 is 14.7 Å². The molecule has 0 spiro atoms. The number of carboxylic acid groups (broad SMARTS) is 1. The fraction of sp³-hybridized carbons (Fsp3) is 0.308. The monoisotopic (exact) mass is 331 g/mol. The van der Waals surface area contributed by atoms with Crippen LogP contribution < -0.4 is 4.74 Å². The molecule has 0 radical (unpaired) electrons. The molecule has 0 saturated carbocycles. The van der Waals surface area contributed by atoms with Gasteiger partial charge in [0.2, 0.25) is 0 Å². The van der Waals surface area contributed by atoms with Crippen molar-refractivity contribution < 1.29 is 19.0 Å². The van der Waals surface area contributed by atoms with Crippen LogP contribution >= 0.6 is 15.9 Å². The Bertz CT molecular complexity index is 489. The van der Waals surface area contributed by atoms with Gasteiger partial charge in [0.15, 0.2) is 0 Å². The summed E-state index contributed by atoms with van der Waals surface area (Å²) in [6.07, 6.45) is 2.25. The summed E-state index contributed by atoms with van der Waals surface area (Å²) in [7, 11) is 3.82. The average molecular weight is 332 g/mol. The third-order valence-corrected chi connectivity index (χ3v) is 2.82. The summed E-state index contributed by atoms with van der Waals surface area (Å²) in [5.41, 5.74) is 0.382. The molecule has 6 heteroatoms. The molecule has 1 aromatic carbocycles. The van der Waals surface area contributed by atoms with E-state index in [2.05, 4.69) is 15.9 Å². The lowest BCUT2D eigenvalue weighted by Gasteiger charge is -2.14. The van der Waals surface area contributed by atoms with Crippen molar-refractivity contribution in [3.8, 4) is 5.75 Å². The molecule has 0 bridgehead atoms. The van der Waals surface area contributed by atoms with Gasteiger partial charge in [0, 0.05) is 18.2 Å². The molecule has 0 atom stereocenters. The molecular weight excluding hydrogens is 317 g/mol. The molecule has 0 unspecified atom stereocenters. The van der Waals surface area contributed by atoms with Crippen LogP contribution in [0.1, 0.15) is 5.56 Å². The number of nitrogens with zero attached hydrogens (tertiary/aromatic N) is 1. The Balaban J connectivity index is 2.96. The van der Waals surface area contributed by atoms with Gasteiger partial charge >= 0.3 is 5.97 Å². The van der Waals surface area contributed by atoms with Gasteiger partial charge in [-0.2, -0.15) is 0 Å². The summed E-state index contributed by atoms with van der Waals surface area (Å²) in [6.45, 7) is 1.12. The van der Waals surface area contributed by atoms with Crippen molar-refractivity contribution in [2.24, 2.45) is 0 Å². The van der Waals surface area contributed by atoms with Crippen molar-refractivity contribution in [2.45, 2.75) is 0 Å². The van der Waals surface area contributed by atoms with Gasteiger partial charge in [-0.15, -0.1) is 0 Å². The maximum absolute atomic E-state index is 13.3. The van der Waals surface area contributed by atoms with E-state index in [0.29, 0.717) is 28.9 Å². The number of carboxylic acids is 1. The molecular formula is C13H15BrFNO3. The first-order valence-corrected chi connectivity index (χ1v) is 6.37. The van der Waals surface area contributed by atoms with Gasteiger partial charge in [-0.3, -0.25) is 0 Å². The fourth-order valence-electron chi connectivity index (χ4n) is 1.35. The van der Waals surface area contributed by atoms with Crippen LogP contribution in [0.2, 0.25) is 0 Å². The van der Waals surface area contributed by atoms with Gasteiger partial charge in [0.05, 0.1) is 4.47 Å². The number of likely N-dealkylation sites (N-methyl/N-ethyl adjacent to an activating group) is 1. The Kier molecular flexibility index (Phi) is 5.98. The van der Waals surface area contributed by atoms with Crippen LogP contribution in [0.15, 0.2) is 22.7 Å². The van der Waals surface area contributed by atoms with E-state index in [0.717, 1.165) is 6.08 Å². The van der Waals surface area contributed by atoms with E-state index in [1.165, 1.54) is 18.2 Å². The molecule has 0 aliphatic rings. The Morgan fingerprint density at radius 3 is 2.79 bits per heavy atom. The second-order valence-electron chi connectivity index (χ2n) is 4.13. The number of carbonyl (C=O) groups is 1. The molecule has 4 nitrogen and oxygen atoms in total. The van der Waals surface area contributed by atoms with Gasteiger partial charge in [-0.05, 0) is 48.2 Å². The van der Waals surface area contributed by atoms with Crippen molar-refractivity contribution in [1.29, 1.82) is 0 Å². The average Bonchev–Trinajstić information content (AvgIpc) is 2.28. The van der Waals surface area contributed by atoms with Crippen LogP contribution in [-0.4, -0.2) is 43.2 Å². The van der Waals surface area contributed by atoms with Crippen molar-refractivity contribution in [2.75, 3.05) is 27.2 Å². The van der Waals surface area contributed by atoms with E-state index in [9.17, 15) is 9.18 Å². The van der Waals surface area contributed by atoms with Crippen LogP contribution in [0.4, 0.5) is 4.39 Å². The van der Waals surface area contributed by atoms with Crippen LogP contribution in [0, 0.1) is 5.82 Å². The highest BCUT2D eigenvalue weighted by atomic mass is 79.9. The number of benzene rings is 1. The summed E-state index contributed by atoms with van der Waals surface area (Å²) in [6, 6.07) is 2.51. The first kappa shape index (κ1) is 15.7. The van der Waals surface area contributed by atoms with Crippen molar-refractivity contribution in [1.82, 2.24) is 4.90 Å². The third kappa shape index (κ3) is 5.40. The second-order valence-corrected chi connectivity index (χ2v) is 4.98. The molecule has 1 N–H and O–H groups in total. The van der Waals surface area contributed by atoms with Gasteiger partial charge in [-0.1, -0.05) is 0 Å². The molecule has 0 aliphatic heterocycles. The van der Waals surface area contributed by atoms with Gasteiger partial charge in [-0.25, -0.2) is 9.18 Å². The molecule has 1 rings (SSSR count). The SMILES string of the molecule is CN(C)CCOc1c(Br)cc(F)cc1/C=C/C(=O)O. The predicted molar refractivity (Wildman–Crippen MR) is 74.8 cm³/mol. The zero-order valence-electron chi connectivity index (χ0n) is 10.7. The molecule has 1 aromatic rings. The predicted octanol–water partition coefficient (Wildman–Crippen LogP) is 2.63. The Morgan fingerprint density at radius 1 is 1.53 bits per heavy atom. The Morgan fingerprint density at radius 2 is 2.21 bits per heavy atom. The van der Waals surface area contributed by atoms with Crippen molar-refractivity contribution in [3.63, 3.8) is 0 Å². The lowest BCUT2D eigenvalue weighted by Crippen LogP contribution is -2.19. The van der Waals surface area contributed by atoms with E-state index < -0.39 is 11.8 Å². The van der Waals surface area contributed by atoms with E-state index in [1.54, 1.807) is 0 Å². The fourth-order valence-corrected chi connectivity index (χ4v) is 1.91. The minimum atomic E-state index is -1.10. The van der Waals surface area contributed by atoms with Crippen LogP contribution in [0.5, 0.6) is 5.75 Å². The minimum absolute atomic E-state index is 0.382. The van der Waals surface area contributed by atoms with Crippen molar-refractivity contribution >= 4 is 28.0 Å². The highest BCUT2D eigenvalue weighted by Gasteiger charge is 2.09. The van der Waals surface area contributed by atoms with E-state index in [1.807, 2.05) is 19.0 Å². The lowest BCUT2D eigenvalue weighted by molar-refractivity contribution is -0.131. The maximum Gasteiger partial charge on any atom is 0.328 e. The van der Waals surface area contributed by atoms with E-state index in [-0.39, 0.29) is 0 Å². The molecule has 104 valence electrons. The van der Waals surface area contributed by atoms with Gasteiger partial charge in [0.25, 0.3) is 0 Å². The summed E-state index contributed by atoms with van der Waals surface area (Å²) in [5, 5.41) is 8.61. The number of ether oxygens (including phenoxy) is 1. The first-order chi connectivity index (χ1) is 8.90. The first-order valence-electron chi connectivity index (χ1n) is 5.57. The highest BCUT2D eigenvalue weighted by Crippen LogP contribution is 2.31. The summed E-state index contributed by atoms with van der Waals surface area (Å²) < 4.78 is 19.3. The standard InChI is InChI=1S/C13H15BrFNO3/c1-16(2)5-6-19-13-9(3-4-12(17)18)7-10(15)8-11(13)14/h3-4,7-8H,5-6H2,1-2H3,(H,17,18)/b4-3+. The summed E-state index contributed by atoms with van der Waals surface area (Å²) >= 11 is 3.21. The summed E-state index contributed by atoms with van der Waals surface area (Å²) in [5.74, 6) is -1.13. The Hall–Kier alpha value is -1.40. The maximum atomic E-state index is 13.3. The van der Waals surface area contributed by atoms with E-state index >= 15 is 0 Å². The highest BCUT2D eigenvalue weighted by molar-refractivity contribution is 9.10.